The number of hydrogen-bond acceptors (Lipinski definition) is 5. The van der Waals surface area contributed by atoms with Crippen LogP contribution in [0.3, 0.4) is 0 Å². The maximum atomic E-state index is 11.1. The largest absolute Gasteiger partial charge is 0.478 e. The van der Waals surface area contributed by atoms with E-state index in [2.05, 4.69) is 11.9 Å². The predicted octanol–water partition coefficient (Wildman–Crippen LogP) is 1.80. The van der Waals surface area contributed by atoms with Gasteiger partial charge in [-0.3, -0.25) is 9.35 Å². The van der Waals surface area contributed by atoms with Crippen molar-refractivity contribution in [3.63, 3.8) is 0 Å². The fraction of sp³-hybridized carbons (Fsp3) is 0.267. The Bertz CT molecular complexity index is 783. The number of nitrogens with one attached hydrogen (secondary N) is 1. The summed E-state index contributed by atoms with van der Waals surface area (Å²) in [6, 6.07) is 2.48. The maximum absolute atomic E-state index is 11.1. The summed E-state index contributed by atoms with van der Waals surface area (Å²) in [6.45, 7) is 6.31. The van der Waals surface area contributed by atoms with Gasteiger partial charge in [0.1, 0.15) is 0 Å². The van der Waals surface area contributed by atoms with Gasteiger partial charge in [0.05, 0.1) is 22.6 Å². The minimum Gasteiger partial charge on any atom is -0.478 e. The average Bonchev–Trinajstić information content (AvgIpc) is 2.45. The summed E-state index contributed by atoms with van der Waals surface area (Å²) in [6.07, 6.45) is 1.46. The third-order valence-electron chi connectivity index (χ3n) is 2.81. The van der Waals surface area contributed by atoms with Crippen molar-refractivity contribution in [1.29, 1.82) is 0 Å². The first-order chi connectivity index (χ1) is 11.4. The van der Waals surface area contributed by atoms with Crippen molar-refractivity contribution in [3.05, 3.63) is 41.5 Å². The number of carbonyl (C=O) groups is 3. The highest BCUT2D eigenvalue weighted by molar-refractivity contribution is 7.85. The van der Waals surface area contributed by atoms with Gasteiger partial charge in [-0.25, -0.2) is 9.59 Å². The van der Waals surface area contributed by atoms with Gasteiger partial charge in [-0.15, -0.1) is 0 Å². The second kappa shape index (κ2) is 9.55. The number of carboxylic acids is 2. The van der Waals surface area contributed by atoms with Crippen LogP contribution in [0.2, 0.25) is 0 Å². The lowest BCUT2D eigenvalue weighted by atomic mass is 10.0. The fourth-order valence-corrected chi connectivity index (χ4v) is 2.28. The topological polar surface area (TPSA) is 158 Å². The molecule has 0 unspecified atom stereocenters. The molecule has 0 spiro atoms. The quantitative estimate of drug-likeness (QED) is 0.434. The van der Waals surface area contributed by atoms with E-state index in [9.17, 15) is 22.8 Å². The molecule has 0 fully saturated rings. The molecule has 1 rings (SSSR count). The van der Waals surface area contributed by atoms with Crippen LogP contribution in [0.25, 0.3) is 0 Å². The number of benzene rings is 1. The normalized spacial score (nSPS) is 10.2. The Morgan fingerprint density at radius 2 is 1.76 bits per heavy atom. The fourth-order valence-electron chi connectivity index (χ4n) is 1.76. The van der Waals surface area contributed by atoms with Crippen molar-refractivity contribution >= 4 is 33.7 Å². The molecular weight excluding hydrogens is 354 g/mol. The summed E-state index contributed by atoms with van der Waals surface area (Å²) in [4.78, 5) is 33.2. The third kappa shape index (κ3) is 7.59. The molecule has 0 bridgehead atoms. The zero-order valence-corrected chi connectivity index (χ0v) is 14.5. The van der Waals surface area contributed by atoms with Gasteiger partial charge in [0.25, 0.3) is 10.1 Å². The Balaban J connectivity index is 0.000000697. The van der Waals surface area contributed by atoms with E-state index in [1.807, 2.05) is 0 Å². The molecule has 1 amide bonds. The van der Waals surface area contributed by atoms with E-state index in [1.165, 1.54) is 19.1 Å². The molecule has 0 aliphatic heterocycles. The lowest BCUT2D eigenvalue weighted by Crippen LogP contribution is -2.15. The van der Waals surface area contributed by atoms with Gasteiger partial charge in [0, 0.05) is 0 Å². The Labute approximate surface area is 144 Å². The maximum Gasteiger partial charge on any atom is 0.338 e. The van der Waals surface area contributed by atoms with Crippen molar-refractivity contribution in [3.8, 4) is 0 Å². The van der Waals surface area contributed by atoms with Crippen LogP contribution in [0.4, 0.5) is 5.69 Å². The molecule has 0 aliphatic rings. The molecule has 10 heteroatoms. The van der Waals surface area contributed by atoms with Crippen molar-refractivity contribution in [2.24, 2.45) is 0 Å². The Morgan fingerprint density at radius 3 is 2.08 bits per heavy atom. The molecule has 4 N–H and O–H groups in total. The molecule has 0 radical (unpaired) electrons. The average molecular weight is 373 g/mol. The van der Waals surface area contributed by atoms with Crippen molar-refractivity contribution in [1.82, 2.24) is 0 Å². The van der Waals surface area contributed by atoms with Crippen molar-refractivity contribution < 1.29 is 37.6 Å². The molecule has 0 heterocycles. The molecule has 1 aromatic rings. The smallest absolute Gasteiger partial charge is 0.338 e. The molecule has 0 aromatic heterocycles. The molecule has 138 valence electrons. The molecule has 25 heavy (non-hydrogen) atoms. The molecule has 0 aliphatic carbocycles. The van der Waals surface area contributed by atoms with Gasteiger partial charge >= 0.3 is 11.9 Å². The number of amides is 1. The Kier molecular flexibility index (Phi) is 8.51. The second-order valence-electron chi connectivity index (χ2n) is 4.75. The van der Waals surface area contributed by atoms with Gasteiger partial charge in [0.2, 0.25) is 5.91 Å². The number of anilines is 1. The van der Waals surface area contributed by atoms with Crippen LogP contribution >= 0.6 is 0 Å². The third-order valence-corrected chi connectivity index (χ3v) is 3.74. The lowest BCUT2D eigenvalue weighted by molar-refractivity contribution is -0.111. The summed E-state index contributed by atoms with van der Waals surface area (Å²) in [7, 11) is -3.67. The Hall–Kier alpha value is -2.72. The van der Waals surface area contributed by atoms with Gasteiger partial charge in [0.15, 0.2) is 0 Å². The van der Waals surface area contributed by atoms with E-state index >= 15 is 0 Å². The SMILES string of the molecule is C=CC(=O)Nc1ccc(C(=O)O)c(C)c1C(=O)O.CCCS(=O)(=O)O. The molecule has 9 nitrogen and oxygen atoms in total. The Morgan fingerprint density at radius 1 is 1.20 bits per heavy atom. The van der Waals surface area contributed by atoms with Crippen LogP contribution in [0.1, 0.15) is 39.6 Å². The molecule has 0 saturated heterocycles. The zero-order valence-electron chi connectivity index (χ0n) is 13.6. The first kappa shape index (κ1) is 22.3. The summed E-state index contributed by atoms with van der Waals surface area (Å²) >= 11 is 0. The second-order valence-corrected chi connectivity index (χ2v) is 6.32. The van der Waals surface area contributed by atoms with Gasteiger partial charge in [-0.2, -0.15) is 8.42 Å². The molecular formula is C15H19NO8S. The van der Waals surface area contributed by atoms with E-state index in [0.29, 0.717) is 6.42 Å². The molecule has 0 saturated carbocycles. The van der Waals surface area contributed by atoms with Gasteiger partial charge in [-0.1, -0.05) is 13.5 Å². The summed E-state index contributed by atoms with van der Waals surface area (Å²) in [5, 5.41) is 20.3. The number of rotatable bonds is 6. The van der Waals surface area contributed by atoms with Gasteiger partial charge < -0.3 is 15.5 Å². The number of carboxylic acid groups (broad SMARTS) is 2. The van der Waals surface area contributed by atoms with E-state index in [0.717, 1.165) is 6.08 Å². The van der Waals surface area contributed by atoms with E-state index in [4.69, 9.17) is 14.8 Å². The van der Waals surface area contributed by atoms with Crippen LogP contribution in [0.15, 0.2) is 24.8 Å². The highest BCUT2D eigenvalue weighted by Gasteiger charge is 2.19. The summed E-state index contributed by atoms with van der Waals surface area (Å²) in [5.41, 5.74) is -0.249. The van der Waals surface area contributed by atoms with E-state index in [-0.39, 0.29) is 28.1 Å². The van der Waals surface area contributed by atoms with E-state index in [1.54, 1.807) is 6.92 Å². The lowest BCUT2D eigenvalue weighted by Gasteiger charge is -2.11. The standard InChI is InChI=1S/C12H11NO5.C3H8O3S/c1-3-9(14)13-8-5-4-7(11(15)16)6(2)10(8)12(17)18;1-2-3-7(4,5)6/h3-5H,1H2,2H3,(H,13,14)(H,15,16)(H,17,18);2-3H2,1H3,(H,4,5,6). The monoisotopic (exact) mass is 373 g/mol. The minimum atomic E-state index is -3.67. The molecule has 0 atom stereocenters. The van der Waals surface area contributed by atoms with Crippen LogP contribution in [-0.2, 0) is 14.9 Å². The zero-order chi connectivity index (χ0) is 19.8. The van der Waals surface area contributed by atoms with E-state index < -0.39 is 28.0 Å². The highest BCUT2D eigenvalue weighted by Crippen LogP contribution is 2.23. The van der Waals surface area contributed by atoms with Crippen LogP contribution < -0.4 is 5.32 Å². The first-order valence-corrected chi connectivity index (χ1v) is 8.54. The van der Waals surface area contributed by atoms with Crippen molar-refractivity contribution in [2.75, 3.05) is 11.1 Å². The van der Waals surface area contributed by atoms with Crippen LogP contribution in [0, 0.1) is 6.92 Å². The van der Waals surface area contributed by atoms with Crippen LogP contribution in [0.5, 0.6) is 0 Å². The van der Waals surface area contributed by atoms with Crippen molar-refractivity contribution in [2.45, 2.75) is 20.3 Å². The summed E-state index contributed by atoms with van der Waals surface area (Å²) in [5.74, 6) is -3.24. The van der Waals surface area contributed by atoms with Crippen LogP contribution in [-0.4, -0.2) is 46.8 Å². The van der Waals surface area contributed by atoms with Gasteiger partial charge in [-0.05, 0) is 37.1 Å². The molecule has 1 aromatic carbocycles. The summed E-state index contributed by atoms with van der Waals surface area (Å²) < 4.78 is 27.6. The minimum absolute atomic E-state index is 0.0369. The number of carbonyl (C=O) groups excluding carboxylic acids is 1. The first-order valence-electron chi connectivity index (χ1n) is 6.93. The predicted molar refractivity (Wildman–Crippen MR) is 90.6 cm³/mol. The number of hydrogen-bond donors (Lipinski definition) is 4. The number of aromatic carboxylic acids is 2. The highest BCUT2D eigenvalue weighted by atomic mass is 32.2.